The first-order chi connectivity index (χ1) is 12.8. The molecule has 0 radical (unpaired) electrons. The summed E-state index contributed by atoms with van der Waals surface area (Å²) < 4.78 is 25.5. The Balaban J connectivity index is 0.00000280. The second-order valence-electron chi connectivity index (χ2n) is 7.26. The molecule has 2 heterocycles. The second-order valence-corrected chi connectivity index (χ2v) is 10.0. The third-order valence-electron chi connectivity index (χ3n) is 4.73. The van der Waals surface area contributed by atoms with Gasteiger partial charge < -0.3 is 10.2 Å². The Bertz CT molecular complexity index is 909. The zero-order chi connectivity index (χ0) is 19.5. The van der Waals surface area contributed by atoms with Gasteiger partial charge in [0.05, 0.1) is 28.4 Å². The van der Waals surface area contributed by atoms with Gasteiger partial charge in [0.15, 0.2) is 15.8 Å². The Hall–Kier alpha value is -1.62. The van der Waals surface area contributed by atoms with E-state index in [0.717, 1.165) is 23.9 Å². The summed E-state index contributed by atoms with van der Waals surface area (Å²) in [5.74, 6) is 0.877. The highest BCUT2D eigenvalue weighted by atomic mass is 127. The zero-order valence-corrected chi connectivity index (χ0v) is 19.6. The normalized spacial score (nSPS) is 18.4. The lowest BCUT2D eigenvalue weighted by molar-refractivity contribution is 0.353. The van der Waals surface area contributed by atoms with Crippen LogP contribution in [-0.4, -0.2) is 59.2 Å². The predicted molar refractivity (Wildman–Crippen MR) is 123 cm³/mol. The van der Waals surface area contributed by atoms with E-state index in [2.05, 4.69) is 15.4 Å². The molecule has 28 heavy (non-hydrogen) atoms. The van der Waals surface area contributed by atoms with Crippen molar-refractivity contribution in [3.8, 4) is 5.69 Å². The summed E-state index contributed by atoms with van der Waals surface area (Å²) in [6.07, 6.45) is 1.92. The third-order valence-corrected chi connectivity index (χ3v) is 7.27. The van der Waals surface area contributed by atoms with Crippen molar-refractivity contribution in [1.82, 2.24) is 20.0 Å². The van der Waals surface area contributed by atoms with E-state index >= 15 is 0 Å². The Labute approximate surface area is 184 Å². The van der Waals surface area contributed by atoms with Gasteiger partial charge in [0, 0.05) is 25.8 Å². The molecule has 2 aromatic rings. The van der Waals surface area contributed by atoms with Gasteiger partial charge in [-0.2, -0.15) is 5.10 Å². The first-order valence-electron chi connectivity index (χ1n) is 9.18. The highest BCUT2D eigenvalue weighted by Crippen LogP contribution is 2.23. The van der Waals surface area contributed by atoms with Crippen LogP contribution in [0.15, 0.2) is 47.6 Å². The number of aliphatic imine (C=N–C) groups is 1. The van der Waals surface area contributed by atoms with E-state index in [1.165, 1.54) is 0 Å². The number of guanidine groups is 1. The summed E-state index contributed by atoms with van der Waals surface area (Å²) in [4.78, 5) is 6.72. The van der Waals surface area contributed by atoms with E-state index in [-0.39, 0.29) is 29.7 Å². The van der Waals surface area contributed by atoms with Gasteiger partial charge in [0.25, 0.3) is 0 Å². The van der Waals surface area contributed by atoms with Crippen molar-refractivity contribution in [2.24, 2.45) is 4.99 Å². The van der Waals surface area contributed by atoms with Crippen LogP contribution in [0.4, 0.5) is 0 Å². The van der Waals surface area contributed by atoms with Gasteiger partial charge in [-0.25, -0.2) is 18.1 Å². The molecule has 0 atom stereocenters. The van der Waals surface area contributed by atoms with Crippen LogP contribution in [0.2, 0.25) is 0 Å². The fraction of sp³-hybridized carbons (Fsp3) is 0.474. The van der Waals surface area contributed by atoms with E-state index in [4.69, 9.17) is 0 Å². The number of nitrogens with zero attached hydrogens (tertiary/aromatic N) is 4. The molecule has 3 rings (SSSR count). The molecular weight excluding hydrogens is 489 g/mol. The lowest BCUT2D eigenvalue weighted by atomic mass is 10.2. The van der Waals surface area contributed by atoms with Crippen LogP contribution < -0.4 is 5.32 Å². The summed E-state index contributed by atoms with van der Waals surface area (Å²) in [5.41, 5.74) is 1.86. The predicted octanol–water partition coefficient (Wildman–Crippen LogP) is 2.46. The smallest absolute Gasteiger partial charge is 0.194 e. The molecule has 1 aliphatic rings. The molecule has 1 aliphatic heterocycles. The molecule has 1 aromatic heterocycles. The van der Waals surface area contributed by atoms with Crippen molar-refractivity contribution in [2.75, 3.05) is 25.4 Å². The molecule has 0 spiro atoms. The number of nitrogens with one attached hydrogen (secondary N) is 1. The number of hydrogen-bond acceptors (Lipinski definition) is 4. The Morgan fingerprint density at radius 3 is 2.61 bits per heavy atom. The molecule has 1 N–H and O–H groups in total. The standard InChI is InChI=1S/C19H27N5O2S.HI/c1-4-20-18(23-12-13-27(25,26)19(2,3)15-23)21-14-16-10-11-24(22-16)17-8-6-5-7-9-17;/h5-11H,4,12-15H2,1-3H3,(H,20,21);1H. The maximum Gasteiger partial charge on any atom is 0.194 e. The Morgan fingerprint density at radius 1 is 1.25 bits per heavy atom. The number of halogens is 1. The maximum absolute atomic E-state index is 12.2. The van der Waals surface area contributed by atoms with Crippen molar-refractivity contribution >= 4 is 39.8 Å². The molecule has 0 bridgehead atoms. The van der Waals surface area contributed by atoms with Gasteiger partial charge in [-0.15, -0.1) is 24.0 Å². The summed E-state index contributed by atoms with van der Waals surface area (Å²) in [6, 6.07) is 11.9. The van der Waals surface area contributed by atoms with E-state index in [1.54, 1.807) is 13.8 Å². The number of rotatable bonds is 4. The average Bonchev–Trinajstić information content (AvgIpc) is 3.11. The molecule has 1 saturated heterocycles. The highest BCUT2D eigenvalue weighted by Gasteiger charge is 2.40. The molecule has 0 aliphatic carbocycles. The first kappa shape index (κ1) is 22.7. The quantitative estimate of drug-likeness (QED) is 0.383. The van der Waals surface area contributed by atoms with Crippen molar-refractivity contribution in [1.29, 1.82) is 0 Å². The van der Waals surface area contributed by atoms with Gasteiger partial charge in [-0.1, -0.05) is 18.2 Å². The molecule has 0 amide bonds. The van der Waals surface area contributed by atoms with Crippen molar-refractivity contribution in [3.63, 3.8) is 0 Å². The van der Waals surface area contributed by atoms with E-state index in [0.29, 0.717) is 19.6 Å². The number of aromatic nitrogens is 2. The zero-order valence-electron chi connectivity index (χ0n) is 16.5. The average molecular weight is 517 g/mol. The molecule has 0 unspecified atom stereocenters. The monoisotopic (exact) mass is 517 g/mol. The molecule has 7 nitrogen and oxygen atoms in total. The fourth-order valence-corrected chi connectivity index (χ4v) is 4.44. The van der Waals surface area contributed by atoms with Gasteiger partial charge >= 0.3 is 0 Å². The summed E-state index contributed by atoms with van der Waals surface area (Å²) in [7, 11) is -3.08. The van der Waals surface area contributed by atoms with E-state index < -0.39 is 14.6 Å². The van der Waals surface area contributed by atoms with Gasteiger partial charge in [-0.3, -0.25) is 0 Å². The van der Waals surface area contributed by atoms with Crippen LogP contribution in [-0.2, 0) is 16.4 Å². The summed E-state index contributed by atoms with van der Waals surface area (Å²) in [6.45, 7) is 7.60. The molecule has 9 heteroatoms. The minimum atomic E-state index is -3.08. The second kappa shape index (κ2) is 9.25. The van der Waals surface area contributed by atoms with Crippen molar-refractivity contribution in [2.45, 2.75) is 32.1 Å². The van der Waals surface area contributed by atoms with E-state index in [9.17, 15) is 8.42 Å². The minimum Gasteiger partial charge on any atom is -0.357 e. The van der Waals surface area contributed by atoms with Crippen LogP contribution in [0.3, 0.4) is 0 Å². The van der Waals surface area contributed by atoms with Gasteiger partial charge in [-0.05, 0) is 39.0 Å². The number of para-hydroxylation sites is 1. The van der Waals surface area contributed by atoms with Crippen LogP contribution in [0, 0.1) is 0 Å². The highest BCUT2D eigenvalue weighted by molar-refractivity contribution is 14.0. The minimum absolute atomic E-state index is 0. The lowest BCUT2D eigenvalue weighted by Crippen LogP contribution is -2.57. The van der Waals surface area contributed by atoms with Crippen molar-refractivity contribution < 1.29 is 8.42 Å². The molecule has 0 saturated carbocycles. The maximum atomic E-state index is 12.2. The number of sulfone groups is 1. The van der Waals surface area contributed by atoms with Crippen molar-refractivity contribution in [3.05, 3.63) is 48.3 Å². The first-order valence-corrected chi connectivity index (χ1v) is 10.8. The summed E-state index contributed by atoms with van der Waals surface area (Å²) >= 11 is 0. The van der Waals surface area contributed by atoms with Gasteiger partial charge in [0.1, 0.15) is 0 Å². The van der Waals surface area contributed by atoms with Crippen LogP contribution >= 0.6 is 24.0 Å². The van der Waals surface area contributed by atoms with Crippen LogP contribution in [0.5, 0.6) is 0 Å². The van der Waals surface area contributed by atoms with E-state index in [1.807, 2.05) is 59.1 Å². The Morgan fingerprint density at radius 2 is 1.96 bits per heavy atom. The topological polar surface area (TPSA) is 79.6 Å². The number of benzene rings is 1. The summed E-state index contributed by atoms with van der Waals surface area (Å²) in [5, 5.41) is 7.85. The molecule has 1 fully saturated rings. The number of hydrogen-bond donors (Lipinski definition) is 1. The SMILES string of the molecule is CCNC(=NCc1ccn(-c2ccccc2)n1)N1CCS(=O)(=O)C(C)(C)C1.I. The lowest BCUT2D eigenvalue weighted by Gasteiger charge is -2.39. The van der Waals surface area contributed by atoms with Gasteiger partial charge in [0.2, 0.25) is 0 Å². The Kier molecular flexibility index (Phi) is 7.49. The van der Waals surface area contributed by atoms with Crippen LogP contribution in [0.1, 0.15) is 26.5 Å². The van der Waals surface area contributed by atoms with Crippen LogP contribution in [0.25, 0.3) is 5.69 Å². The molecule has 1 aromatic carbocycles. The molecule has 154 valence electrons. The fourth-order valence-electron chi connectivity index (χ4n) is 3.08. The third kappa shape index (κ3) is 5.05. The largest absolute Gasteiger partial charge is 0.357 e. The molecular formula is C19H28IN5O2S.